The van der Waals surface area contributed by atoms with Gasteiger partial charge in [-0.3, -0.25) is 9.69 Å². The minimum absolute atomic E-state index is 0.0497. The van der Waals surface area contributed by atoms with Crippen LogP contribution < -0.4 is 9.64 Å². The SMILES string of the molecule is CC(=O)N1CCN(CC2(O)CCN(c3ccc(F)cc3)CC2)C[C@](O)(COc2ccccc2)C1. The molecule has 0 saturated carbocycles. The second kappa shape index (κ2) is 10.3. The smallest absolute Gasteiger partial charge is 0.219 e. The molecule has 8 heteroatoms. The van der Waals surface area contributed by atoms with E-state index in [4.69, 9.17) is 4.74 Å². The highest BCUT2D eigenvalue weighted by Gasteiger charge is 2.40. The van der Waals surface area contributed by atoms with Gasteiger partial charge in [0.15, 0.2) is 0 Å². The Balaban J connectivity index is 1.40. The van der Waals surface area contributed by atoms with E-state index in [0.717, 1.165) is 5.69 Å². The third-order valence-electron chi connectivity index (χ3n) is 6.79. The van der Waals surface area contributed by atoms with E-state index in [2.05, 4.69) is 4.90 Å². The van der Waals surface area contributed by atoms with E-state index in [9.17, 15) is 19.4 Å². The molecule has 2 fully saturated rings. The van der Waals surface area contributed by atoms with Crippen molar-refractivity contribution in [2.24, 2.45) is 0 Å². The Morgan fingerprint density at radius 2 is 1.62 bits per heavy atom. The molecule has 0 bridgehead atoms. The van der Waals surface area contributed by atoms with Crippen LogP contribution in [0.4, 0.5) is 10.1 Å². The number of amides is 1. The molecular formula is C26H34FN3O4. The number of β-amino-alcohol motifs (C(OH)–C–C–N with tert-alkyl or cyclic N) is 2. The summed E-state index contributed by atoms with van der Waals surface area (Å²) < 4.78 is 19.1. The van der Waals surface area contributed by atoms with Crippen molar-refractivity contribution >= 4 is 11.6 Å². The number of anilines is 1. The van der Waals surface area contributed by atoms with E-state index >= 15 is 0 Å². The Morgan fingerprint density at radius 1 is 0.941 bits per heavy atom. The van der Waals surface area contributed by atoms with Crippen molar-refractivity contribution < 1.29 is 24.1 Å². The van der Waals surface area contributed by atoms with Gasteiger partial charge in [-0.15, -0.1) is 0 Å². The summed E-state index contributed by atoms with van der Waals surface area (Å²) in [5.41, 5.74) is -1.21. The molecule has 1 amide bonds. The first-order valence-corrected chi connectivity index (χ1v) is 11.8. The summed E-state index contributed by atoms with van der Waals surface area (Å²) in [6.45, 7) is 4.83. The van der Waals surface area contributed by atoms with Gasteiger partial charge in [-0.2, -0.15) is 0 Å². The van der Waals surface area contributed by atoms with Crippen LogP contribution in [0.3, 0.4) is 0 Å². The van der Waals surface area contributed by atoms with Crippen LogP contribution in [0.2, 0.25) is 0 Å². The van der Waals surface area contributed by atoms with Crippen LogP contribution in [-0.4, -0.2) is 89.5 Å². The largest absolute Gasteiger partial charge is 0.490 e. The van der Waals surface area contributed by atoms with Gasteiger partial charge >= 0.3 is 0 Å². The van der Waals surface area contributed by atoms with Gasteiger partial charge in [-0.25, -0.2) is 4.39 Å². The maximum atomic E-state index is 13.2. The Morgan fingerprint density at radius 3 is 2.26 bits per heavy atom. The molecule has 34 heavy (non-hydrogen) atoms. The predicted octanol–water partition coefficient (Wildman–Crippen LogP) is 2.13. The fourth-order valence-corrected chi connectivity index (χ4v) is 4.88. The van der Waals surface area contributed by atoms with Crippen molar-refractivity contribution in [1.29, 1.82) is 0 Å². The molecule has 1 atom stereocenters. The highest BCUT2D eigenvalue weighted by Crippen LogP contribution is 2.28. The van der Waals surface area contributed by atoms with Crippen LogP contribution in [0.5, 0.6) is 5.75 Å². The van der Waals surface area contributed by atoms with Crippen molar-refractivity contribution in [2.45, 2.75) is 31.0 Å². The number of hydrogen-bond donors (Lipinski definition) is 2. The predicted molar refractivity (Wildman–Crippen MR) is 128 cm³/mol. The highest BCUT2D eigenvalue weighted by molar-refractivity contribution is 5.73. The maximum Gasteiger partial charge on any atom is 0.219 e. The zero-order valence-electron chi connectivity index (χ0n) is 19.7. The van der Waals surface area contributed by atoms with Crippen LogP contribution >= 0.6 is 0 Å². The summed E-state index contributed by atoms with van der Waals surface area (Å²) in [6.07, 6.45) is 1.13. The van der Waals surface area contributed by atoms with E-state index in [1.807, 2.05) is 35.2 Å². The topological polar surface area (TPSA) is 76.5 Å². The third-order valence-corrected chi connectivity index (χ3v) is 6.79. The van der Waals surface area contributed by atoms with Gasteiger partial charge in [0.25, 0.3) is 0 Å². The van der Waals surface area contributed by atoms with Gasteiger partial charge in [0.1, 0.15) is 23.8 Å². The first-order chi connectivity index (χ1) is 16.2. The zero-order valence-corrected chi connectivity index (χ0v) is 19.7. The maximum absolute atomic E-state index is 13.2. The number of carbonyl (C=O) groups excluding carboxylic acids is 1. The summed E-state index contributed by atoms with van der Waals surface area (Å²) in [5.74, 6) is 0.306. The lowest BCUT2D eigenvalue weighted by Crippen LogP contribution is -2.55. The Bertz CT molecular complexity index is 950. The molecule has 0 aromatic heterocycles. The number of nitrogens with zero attached hydrogens (tertiary/aromatic N) is 3. The minimum atomic E-state index is -1.26. The number of hydrogen-bond acceptors (Lipinski definition) is 6. The standard InChI is InChI=1S/C26H34FN3O4/c1-21(31)30-16-15-28(18-26(33,19-30)20-34-24-5-3-2-4-6-24)17-25(32)11-13-29(14-12-25)23-9-7-22(27)8-10-23/h2-10,32-33H,11-20H2,1H3/t26-/m1/s1. The quantitative estimate of drug-likeness (QED) is 0.672. The summed E-state index contributed by atoms with van der Waals surface area (Å²) in [7, 11) is 0. The van der Waals surface area contributed by atoms with Crippen molar-refractivity contribution in [1.82, 2.24) is 9.80 Å². The van der Waals surface area contributed by atoms with Crippen LogP contribution in [0.25, 0.3) is 0 Å². The van der Waals surface area contributed by atoms with E-state index < -0.39 is 11.2 Å². The van der Waals surface area contributed by atoms with Gasteiger partial charge in [-0.1, -0.05) is 18.2 Å². The molecule has 0 aliphatic carbocycles. The van der Waals surface area contributed by atoms with Gasteiger partial charge in [0.05, 0.1) is 12.1 Å². The number of rotatable bonds is 6. The lowest BCUT2D eigenvalue weighted by molar-refractivity contribution is -0.132. The lowest BCUT2D eigenvalue weighted by Gasteiger charge is -2.42. The molecule has 2 aromatic carbocycles. The number of benzene rings is 2. The van der Waals surface area contributed by atoms with Crippen molar-refractivity contribution in [3.05, 3.63) is 60.4 Å². The molecule has 2 N–H and O–H groups in total. The number of aliphatic hydroxyl groups is 2. The third kappa shape index (κ3) is 6.25. The van der Waals surface area contributed by atoms with Crippen LogP contribution in [0.15, 0.2) is 54.6 Å². The first kappa shape index (κ1) is 24.4. The summed E-state index contributed by atoms with van der Waals surface area (Å²) >= 11 is 0. The van der Waals surface area contributed by atoms with Crippen LogP contribution in [0, 0.1) is 5.82 Å². The molecule has 184 valence electrons. The number of halogens is 1. The van der Waals surface area contributed by atoms with E-state index in [-0.39, 0.29) is 24.9 Å². The number of ether oxygens (including phenoxy) is 1. The van der Waals surface area contributed by atoms with E-state index in [0.29, 0.717) is 57.9 Å². The lowest BCUT2D eigenvalue weighted by atomic mass is 9.90. The number of carbonyl (C=O) groups is 1. The van der Waals surface area contributed by atoms with Crippen LogP contribution in [0.1, 0.15) is 19.8 Å². The first-order valence-electron chi connectivity index (χ1n) is 11.8. The Kier molecular flexibility index (Phi) is 7.40. The molecular weight excluding hydrogens is 437 g/mol. The van der Waals surface area contributed by atoms with Crippen molar-refractivity contribution in [2.75, 3.05) is 57.3 Å². The molecule has 2 heterocycles. The zero-order chi connectivity index (χ0) is 24.2. The van der Waals surface area contributed by atoms with Gasteiger partial charge in [0, 0.05) is 51.9 Å². The molecule has 4 rings (SSSR count). The fraction of sp³-hybridized carbons (Fsp3) is 0.500. The molecule has 0 unspecified atom stereocenters. The second-order valence-electron chi connectivity index (χ2n) is 9.67. The normalized spacial score (nSPS) is 23.4. The van der Waals surface area contributed by atoms with Gasteiger partial charge in [0.2, 0.25) is 5.91 Å². The molecule has 0 spiro atoms. The fourth-order valence-electron chi connectivity index (χ4n) is 4.88. The van der Waals surface area contributed by atoms with Crippen LogP contribution in [-0.2, 0) is 4.79 Å². The monoisotopic (exact) mass is 471 g/mol. The molecule has 2 saturated heterocycles. The number of piperidine rings is 1. The summed E-state index contributed by atoms with van der Waals surface area (Å²) in [6, 6.07) is 15.7. The van der Waals surface area contributed by atoms with Gasteiger partial charge in [-0.05, 0) is 49.2 Å². The van der Waals surface area contributed by atoms with E-state index in [1.165, 1.54) is 19.1 Å². The molecule has 2 aliphatic rings. The van der Waals surface area contributed by atoms with Gasteiger partial charge < -0.3 is 24.7 Å². The Hall–Kier alpha value is -2.68. The average molecular weight is 472 g/mol. The molecule has 2 aliphatic heterocycles. The molecule has 0 radical (unpaired) electrons. The summed E-state index contributed by atoms with van der Waals surface area (Å²) in [4.78, 5) is 18.0. The molecule has 7 nitrogen and oxygen atoms in total. The summed E-state index contributed by atoms with van der Waals surface area (Å²) in [5, 5.41) is 22.8. The minimum Gasteiger partial charge on any atom is -0.490 e. The highest BCUT2D eigenvalue weighted by atomic mass is 19.1. The Labute approximate surface area is 200 Å². The van der Waals surface area contributed by atoms with Crippen molar-refractivity contribution in [3.63, 3.8) is 0 Å². The van der Waals surface area contributed by atoms with Crippen molar-refractivity contribution in [3.8, 4) is 5.75 Å². The molecule has 2 aromatic rings. The van der Waals surface area contributed by atoms with E-state index in [1.54, 1.807) is 17.0 Å². The second-order valence-corrected chi connectivity index (χ2v) is 9.67. The average Bonchev–Trinajstić information content (AvgIpc) is 2.98. The number of para-hydroxylation sites is 1.